The Bertz CT molecular complexity index is 531. The van der Waals surface area contributed by atoms with Gasteiger partial charge in [-0.1, -0.05) is 29.8 Å². The average molecular weight is 265 g/mol. The summed E-state index contributed by atoms with van der Waals surface area (Å²) >= 11 is 5.80. The highest BCUT2D eigenvalue weighted by molar-refractivity contribution is 6.29. The summed E-state index contributed by atoms with van der Waals surface area (Å²) in [4.78, 5) is 3.91. The Balaban J connectivity index is 2.01. The van der Waals surface area contributed by atoms with Gasteiger partial charge in [0.2, 0.25) is 0 Å². The van der Waals surface area contributed by atoms with Gasteiger partial charge in [-0.15, -0.1) is 0 Å². The molecule has 1 heterocycles. The van der Waals surface area contributed by atoms with Crippen molar-refractivity contribution in [2.24, 2.45) is 0 Å². The Morgan fingerprint density at radius 2 is 2.11 bits per heavy atom. The smallest absolute Gasteiger partial charge is 0.131 e. The molecule has 1 aromatic heterocycles. The molecule has 94 valence electrons. The molecule has 0 amide bonds. The second-order valence-electron chi connectivity index (χ2n) is 4.21. The van der Waals surface area contributed by atoms with Crippen LogP contribution in [0.4, 0.5) is 10.1 Å². The second kappa shape index (κ2) is 5.83. The van der Waals surface area contributed by atoms with Crippen molar-refractivity contribution >= 4 is 17.3 Å². The first-order valence-electron chi connectivity index (χ1n) is 5.76. The molecule has 18 heavy (non-hydrogen) atoms. The highest BCUT2D eigenvalue weighted by atomic mass is 35.5. The van der Waals surface area contributed by atoms with Crippen LogP contribution in [0.3, 0.4) is 0 Å². The third-order valence-corrected chi connectivity index (χ3v) is 2.83. The molecule has 2 nitrogen and oxygen atoms in total. The summed E-state index contributed by atoms with van der Waals surface area (Å²) < 4.78 is 13.5. The van der Waals surface area contributed by atoms with Gasteiger partial charge in [-0.25, -0.2) is 9.37 Å². The van der Waals surface area contributed by atoms with E-state index in [-0.39, 0.29) is 11.9 Å². The Kier molecular flexibility index (Phi) is 4.15. The Morgan fingerprint density at radius 3 is 2.83 bits per heavy atom. The minimum absolute atomic E-state index is 0.111. The van der Waals surface area contributed by atoms with Crippen LogP contribution in [0, 0.1) is 5.82 Å². The predicted molar refractivity (Wildman–Crippen MR) is 72.4 cm³/mol. The van der Waals surface area contributed by atoms with Crippen molar-refractivity contribution in [3.8, 4) is 0 Å². The van der Waals surface area contributed by atoms with Crippen LogP contribution in [0.1, 0.15) is 12.5 Å². The van der Waals surface area contributed by atoms with Crippen molar-refractivity contribution in [2.45, 2.75) is 19.4 Å². The summed E-state index contributed by atoms with van der Waals surface area (Å²) in [6.07, 6.45) is 2.26. The van der Waals surface area contributed by atoms with Crippen molar-refractivity contribution in [1.29, 1.82) is 0 Å². The van der Waals surface area contributed by atoms with E-state index in [2.05, 4.69) is 10.3 Å². The molecule has 2 aromatic rings. The monoisotopic (exact) mass is 264 g/mol. The largest absolute Gasteiger partial charge is 0.382 e. The topological polar surface area (TPSA) is 24.9 Å². The van der Waals surface area contributed by atoms with E-state index in [1.807, 2.05) is 19.1 Å². The van der Waals surface area contributed by atoms with Crippen molar-refractivity contribution in [2.75, 3.05) is 5.32 Å². The maximum absolute atomic E-state index is 13.5. The number of nitrogens with one attached hydrogen (secondary N) is 1. The van der Waals surface area contributed by atoms with Gasteiger partial charge in [-0.05, 0) is 37.1 Å². The highest BCUT2D eigenvalue weighted by Gasteiger charge is 2.07. The molecular weight excluding hydrogens is 251 g/mol. The molecule has 4 heteroatoms. The van der Waals surface area contributed by atoms with Crippen LogP contribution in [0.2, 0.25) is 5.15 Å². The molecular formula is C14H14ClFN2. The predicted octanol–water partition coefficient (Wildman–Crippen LogP) is 3.92. The van der Waals surface area contributed by atoms with Gasteiger partial charge in [-0.3, -0.25) is 0 Å². The van der Waals surface area contributed by atoms with E-state index >= 15 is 0 Å². The molecule has 0 fully saturated rings. The highest BCUT2D eigenvalue weighted by Crippen LogP contribution is 2.15. The minimum Gasteiger partial charge on any atom is -0.382 e. The summed E-state index contributed by atoms with van der Waals surface area (Å²) in [5, 5.41) is 3.71. The fourth-order valence-corrected chi connectivity index (χ4v) is 2.00. The lowest BCUT2D eigenvalue weighted by Crippen LogP contribution is -2.18. The van der Waals surface area contributed by atoms with Crippen LogP contribution in [-0.2, 0) is 6.42 Å². The third kappa shape index (κ3) is 3.44. The van der Waals surface area contributed by atoms with E-state index in [1.54, 1.807) is 24.4 Å². The van der Waals surface area contributed by atoms with Gasteiger partial charge in [0.05, 0.1) is 0 Å². The quantitative estimate of drug-likeness (QED) is 0.847. The van der Waals surface area contributed by atoms with Gasteiger partial charge in [-0.2, -0.15) is 0 Å². The first kappa shape index (κ1) is 12.8. The molecule has 0 saturated carbocycles. The number of hydrogen-bond donors (Lipinski definition) is 1. The number of hydrogen-bond acceptors (Lipinski definition) is 2. The zero-order valence-corrected chi connectivity index (χ0v) is 10.8. The minimum atomic E-state index is -0.168. The van der Waals surface area contributed by atoms with Gasteiger partial charge < -0.3 is 5.32 Å². The lowest BCUT2D eigenvalue weighted by atomic mass is 10.1. The zero-order valence-electron chi connectivity index (χ0n) is 10.0. The molecule has 0 aliphatic heterocycles. The van der Waals surface area contributed by atoms with Crippen molar-refractivity contribution in [1.82, 2.24) is 4.98 Å². The summed E-state index contributed by atoms with van der Waals surface area (Å²) in [5.74, 6) is -0.168. The van der Waals surface area contributed by atoms with Crippen LogP contribution in [-0.4, -0.2) is 11.0 Å². The first-order chi connectivity index (χ1) is 8.65. The summed E-state index contributed by atoms with van der Waals surface area (Å²) in [5.41, 5.74) is 1.59. The van der Waals surface area contributed by atoms with E-state index in [9.17, 15) is 4.39 Å². The number of halogens is 2. The van der Waals surface area contributed by atoms with Crippen molar-refractivity contribution in [3.63, 3.8) is 0 Å². The number of anilines is 1. The molecule has 2 rings (SSSR count). The molecule has 0 aliphatic carbocycles. The van der Waals surface area contributed by atoms with Gasteiger partial charge in [0, 0.05) is 17.9 Å². The van der Waals surface area contributed by atoms with E-state index < -0.39 is 0 Å². The molecule has 1 aromatic carbocycles. The summed E-state index contributed by atoms with van der Waals surface area (Å²) in [7, 11) is 0. The van der Waals surface area contributed by atoms with Crippen LogP contribution >= 0.6 is 11.6 Å². The lowest BCUT2D eigenvalue weighted by Gasteiger charge is -2.15. The lowest BCUT2D eigenvalue weighted by molar-refractivity contribution is 0.601. The molecule has 0 saturated heterocycles. The first-order valence-corrected chi connectivity index (χ1v) is 6.14. The van der Waals surface area contributed by atoms with E-state index in [0.717, 1.165) is 5.69 Å². The number of benzene rings is 1. The van der Waals surface area contributed by atoms with Crippen molar-refractivity contribution in [3.05, 3.63) is 59.1 Å². The molecule has 0 aliphatic rings. The Labute approximate surface area is 111 Å². The molecule has 1 unspecified atom stereocenters. The molecule has 0 bridgehead atoms. The molecule has 0 radical (unpaired) electrons. The van der Waals surface area contributed by atoms with Gasteiger partial charge in [0.25, 0.3) is 0 Å². The van der Waals surface area contributed by atoms with E-state index in [0.29, 0.717) is 17.1 Å². The van der Waals surface area contributed by atoms with Crippen LogP contribution in [0.15, 0.2) is 42.6 Å². The summed E-state index contributed by atoms with van der Waals surface area (Å²) in [6.45, 7) is 2.00. The van der Waals surface area contributed by atoms with Crippen molar-refractivity contribution < 1.29 is 4.39 Å². The maximum atomic E-state index is 13.5. The Morgan fingerprint density at radius 1 is 1.33 bits per heavy atom. The van der Waals surface area contributed by atoms with Gasteiger partial charge in [0.15, 0.2) is 0 Å². The molecule has 0 spiro atoms. The third-order valence-electron chi connectivity index (χ3n) is 2.62. The number of aromatic nitrogens is 1. The maximum Gasteiger partial charge on any atom is 0.131 e. The van der Waals surface area contributed by atoms with E-state index in [1.165, 1.54) is 6.07 Å². The fraction of sp³-hybridized carbons (Fsp3) is 0.214. The second-order valence-corrected chi connectivity index (χ2v) is 4.60. The number of pyridine rings is 1. The van der Waals surface area contributed by atoms with Crippen LogP contribution < -0.4 is 5.32 Å². The Hall–Kier alpha value is -1.61. The standard InChI is InChI=1S/C14H14ClFN2/c1-10(8-11-4-2-3-5-13(11)16)18-12-6-7-17-14(15)9-12/h2-7,9-10H,8H2,1H3,(H,17,18). The van der Waals surface area contributed by atoms with Crippen LogP contribution in [0.25, 0.3) is 0 Å². The van der Waals surface area contributed by atoms with Gasteiger partial charge in [0.1, 0.15) is 11.0 Å². The van der Waals surface area contributed by atoms with E-state index in [4.69, 9.17) is 11.6 Å². The van der Waals surface area contributed by atoms with Crippen LogP contribution in [0.5, 0.6) is 0 Å². The van der Waals surface area contributed by atoms with Gasteiger partial charge >= 0.3 is 0 Å². The molecule has 1 N–H and O–H groups in total. The molecule has 1 atom stereocenters. The summed E-state index contributed by atoms with van der Waals surface area (Å²) in [6, 6.07) is 10.5. The average Bonchev–Trinajstić information content (AvgIpc) is 2.32. The normalized spacial score (nSPS) is 12.2. The number of rotatable bonds is 4. The number of nitrogens with zero attached hydrogens (tertiary/aromatic N) is 1. The fourth-order valence-electron chi connectivity index (χ4n) is 1.82. The zero-order chi connectivity index (χ0) is 13.0. The SMILES string of the molecule is CC(Cc1ccccc1F)Nc1ccnc(Cl)c1.